The molecule has 1 unspecified atom stereocenters. The normalized spacial score (nSPS) is 16.1. The molecule has 0 aliphatic carbocycles. The molecule has 3 heterocycles. The van der Waals surface area contributed by atoms with E-state index in [9.17, 15) is 22.8 Å². The molecule has 14 heteroatoms. The number of imidazole rings is 1. The van der Waals surface area contributed by atoms with E-state index < -0.39 is 29.4 Å². The van der Waals surface area contributed by atoms with E-state index >= 15 is 0 Å². The summed E-state index contributed by atoms with van der Waals surface area (Å²) in [5, 5.41) is 5.38. The minimum absolute atomic E-state index is 0.0174. The quantitative estimate of drug-likeness (QED) is 0.249. The lowest BCUT2D eigenvalue weighted by molar-refractivity contribution is -0.274. The molecule has 252 valence electrons. The van der Waals surface area contributed by atoms with Crippen molar-refractivity contribution in [2.75, 3.05) is 18.0 Å². The minimum atomic E-state index is -4.93. The van der Waals surface area contributed by atoms with Gasteiger partial charge in [-0.3, -0.25) is 4.90 Å². The Morgan fingerprint density at radius 2 is 1.74 bits per heavy atom. The molecule has 0 saturated carbocycles. The maximum absolute atomic E-state index is 13.8. The fourth-order valence-electron chi connectivity index (χ4n) is 4.89. The van der Waals surface area contributed by atoms with Gasteiger partial charge in [0.25, 0.3) is 0 Å². The van der Waals surface area contributed by atoms with Crippen molar-refractivity contribution in [3.63, 3.8) is 0 Å². The lowest BCUT2D eigenvalue weighted by atomic mass is 10.1. The number of hydrogen-bond acceptors (Lipinski definition) is 8. The first-order valence-corrected chi connectivity index (χ1v) is 16.0. The number of aromatic nitrogens is 3. The van der Waals surface area contributed by atoms with Crippen molar-refractivity contribution >= 4 is 35.3 Å². The molecule has 46 heavy (non-hydrogen) atoms. The summed E-state index contributed by atoms with van der Waals surface area (Å²) in [6, 6.07) is 7.36. The molecule has 2 amide bonds. The highest BCUT2D eigenvalue weighted by atomic mass is 32.2. The molecule has 2 aromatic heterocycles. The Morgan fingerprint density at radius 3 is 2.37 bits per heavy atom. The molecule has 1 atom stereocenters. The molecule has 1 aliphatic rings. The number of nitrogens with zero attached hydrogens (tertiary/aromatic N) is 5. The molecule has 1 aromatic carbocycles. The Labute approximate surface area is 271 Å². The fraction of sp³-hybridized carbons (Fsp3) is 0.562. The number of carbonyl (C=O) groups is 2. The van der Waals surface area contributed by atoms with Crippen LogP contribution in [0.25, 0.3) is 5.65 Å². The van der Waals surface area contributed by atoms with Crippen LogP contribution in [0.2, 0.25) is 0 Å². The average molecular weight is 666 g/mol. The number of piperidine rings is 1. The summed E-state index contributed by atoms with van der Waals surface area (Å²) >= 11 is 1.45. The summed E-state index contributed by atoms with van der Waals surface area (Å²) in [6.07, 6.45) is -2.82. The van der Waals surface area contributed by atoms with Crippen LogP contribution in [0.5, 0.6) is 5.75 Å². The number of carbonyl (C=O) groups excluding carboxylic acids is 2. The number of ether oxygens (including phenoxy) is 3. The van der Waals surface area contributed by atoms with Gasteiger partial charge in [-0.05, 0) is 72.4 Å². The molecule has 4 rings (SSSR count). The number of thioether (sulfide) groups is 1. The molecule has 1 saturated heterocycles. The van der Waals surface area contributed by atoms with E-state index in [4.69, 9.17) is 14.6 Å². The predicted molar refractivity (Wildman–Crippen MR) is 169 cm³/mol. The van der Waals surface area contributed by atoms with Crippen LogP contribution in [0.3, 0.4) is 0 Å². The number of benzene rings is 1. The van der Waals surface area contributed by atoms with Crippen LogP contribution in [-0.2, 0) is 16.0 Å². The van der Waals surface area contributed by atoms with Gasteiger partial charge in [-0.1, -0.05) is 43.8 Å². The first kappa shape index (κ1) is 35.2. The summed E-state index contributed by atoms with van der Waals surface area (Å²) < 4.78 is 57.2. The number of fused-ring (bicyclic) bond motifs is 1. The number of anilines is 1. The van der Waals surface area contributed by atoms with E-state index in [0.717, 1.165) is 18.5 Å². The van der Waals surface area contributed by atoms with Gasteiger partial charge in [0.1, 0.15) is 22.0 Å². The fourth-order valence-corrected chi connectivity index (χ4v) is 6.08. The molecule has 10 nitrogen and oxygen atoms in total. The third kappa shape index (κ3) is 9.43. The number of amides is 2. The zero-order chi connectivity index (χ0) is 34.0. The van der Waals surface area contributed by atoms with Crippen molar-refractivity contribution < 1.29 is 37.0 Å². The number of rotatable bonds is 7. The van der Waals surface area contributed by atoms with Crippen LogP contribution in [0.4, 0.5) is 28.4 Å². The number of alkyl halides is 3. The Balaban J connectivity index is 1.77. The largest absolute Gasteiger partial charge is 0.573 e. The summed E-state index contributed by atoms with van der Waals surface area (Å²) in [6.45, 7) is 15.3. The molecular formula is C32H42F3N5O5S. The van der Waals surface area contributed by atoms with Gasteiger partial charge >= 0.3 is 18.5 Å². The van der Waals surface area contributed by atoms with Crippen LogP contribution in [-0.4, -0.2) is 67.6 Å². The average Bonchev–Trinajstić information content (AvgIpc) is 3.34. The van der Waals surface area contributed by atoms with Gasteiger partial charge in [-0.25, -0.2) is 19.1 Å². The van der Waals surface area contributed by atoms with Gasteiger partial charge in [-0.15, -0.1) is 13.2 Å². The number of para-hydroxylation sites is 1. The van der Waals surface area contributed by atoms with Gasteiger partial charge in [-0.2, -0.15) is 5.10 Å². The molecule has 0 bridgehead atoms. The summed E-state index contributed by atoms with van der Waals surface area (Å²) in [7, 11) is 0. The second-order valence-electron chi connectivity index (χ2n) is 13.5. The Hall–Kier alpha value is -3.68. The van der Waals surface area contributed by atoms with Gasteiger partial charge in [0.2, 0.25) is 0 Å². The van der Waals surface area contributed by atoms with Crippen LogP contribution in [0, 0.1) is 0 Å². The summed E-state index contributed by atoms with van der Waals surface area (Å²) in [5.41, 5.74) is 0.0208. The smallest absolute Gasteiger partial charge is 0.444 e. The summed E-state index contributed by atoms with van der Waals surface area (Å²) in [4.78, 5) is 34.1. The van der Waals surface area contributed by atoms with Crippen molar-refractivity contribution in [2.45, 2.75) is 109 Å². The van der Waals surface area contributed by atoms with E-state index in [2.05, 4.69) is 9.72 Å². The zero-order valence-electron chi connectivity index (χ0n) is 27.5. The highest BCUT2D eigenvalue weighted by Crippen LogP contribution is 2.36. The zero-order valence-corrected chi connectivity index (χ0v) is 28.3. The maximum Gasteiger partial charge on any atom is 0.573 e. The minimum Gasteiger partial charge on any atom is -0.444 e. The molecule has 3 aromatic rings. The van der Waals surface area contributed by atoms with E-state index in [0.29, 0.717) is 29.5 Å². The Bertz CT molecular complexity index is 1550. The lowest BCUT2D eigenvalue weighted by Crippen LogP contribution is -2.43. The standard InChI is InChI=1S/C32H42F3N5O5S/c1-20(2)24-17-36-27-23(16-26(37-40(24)27)46-22-13-11-15-38(19-22)28(41)44-30(3,4)5)39(29(42)45-31(6,7)8)18-21-12-9-10-14-25(21)43-32(33,34)35/h9-10,12,14,16-17,20,22H,11,13,15,18-19H2,1-8H3. The second-order valence-corrected chi connectivity index (χ2v) is 14.8. The summed E-state index contributed by atoms with van der Waals surface area (Å²) in [5.74, 6) is -0.414. The van der Waals surface area contributed by atoms with Crippen LogP contribution < -0.4 is 9.64 Å². The molecule has 0 spiro atoms. The SMILES string of the molecule is CC(C)c1cnc2c(N(Cc3ccccc3OC(F)(F)F)C(=O)OC(C)(C)C)cc(SC3CCCN(C(=O)OC(C)(C)C)C3)nn12. The molecule has 1 fully saturated rings. The second kappa shape index (κ2) is 13.6. The Morgan fingerprint density at radius 1 is 1.07 bits per heavy atom. The maximum atomic E-state index is 13.8. The number of halogens is 3. The molecule has 0 N–H and O–H groups in total. The first-order valence-electron chi connectivity index (χ1n) is 15.2. The third-order valence-corrected chi connectivity index (χ3v) is 7.95. The highest BCUT2D eigenvalue weighted by molar-refractivity contribution is 7.99. The first-order chi connectivity index (χ1) is 21.3. The molecule has 1 aliphatic heterocycles. The van der Waals surface area contributed by atoms with Crippen molar-refractivity contribution in [1.82, 2.24) is 19.5 Å². The van der Waals surface area contributed by atoms with Gasteiger partial charge < -0.3 is 19.1 Å². The highest BCUT2D eigenvalue weighted by Gasteiger charge is 2.34. The topological polar surface area (TPSA) is 98.5 Å². The van der Waals surface area contributed by atoms with Crippen molar-refractivity contribution in [3.8, 4) is 5.75 Å². The van der Waals surface area contributed by atoms with Crippen molar-refractivity contribution in [3.05, 3.63) is 47.8 Å². The van der Waals surface area contributed by atoms with Gasteiger partial charge in [0, 0.05) is 23.9 Å². The lowest BCUT2D eigenvalue weighted by Gasteiger charge is -2.33. The Kier molecular flexibility index (Phi) is 10.4. The van der Waals surface area contributed by atoms with E-state index in [1.165, 1.54) is 34.9 Å². The van der Waals surface area contributed by atoms with Gasteiger partial charge in [0.05, 0.1) is 24.1 Å². The van der Waals surface area contributed by atoms with Crippen LogP contribution in [0.15, 0.2) is 41.6 Å². The van der Waals surface area contributed by atoms with Crippen LogP contribution in [0.1, 0.15) is 85.4 Å². The predicted octanol–water partition coefficient (Wildman–Crippen LogP) is 8.18. The van der Waals surface area contributed by atoms with Gasteiger partial charge in [0.15, 0.2) is 5.65 Å². The number of hydrogen-bond donors (Lipinski definition) is 0. The number of likely N-dealkylation sites (tertiary alicyclic amines) is 1. The van der Waals surface area contributed by atoms with Crippen molar-refractivity contribution in [2.24, 2.45) is 0 Å². The van der Waals surface area contributed by atoms with E-state index in [1.807, 2.05) is 34.6 Å². The molecule has 0 radical (unpaired) electrons. The van der Waals surface area contributed by atoms with E-state index in [-0.39, 0.29) is 29.4 Å². The van der Waals surface area contributed by atoms with Crippen LogP contribution >= 0.6 is 11.8 Å². The van der Waals surface area contributed by atoms with Crippen molar-refractivity contribution in [1.29, 1.82) is 0 Å². The monoisotopic (exact) mass is 665 g/mol. The third-order valence-electron chi connectivity index (χ3n) is 6.79. The molecular weight excluding hydrogens is 623 g/mol. The van der Waals surface area contributed by atoms with E-state index in [1.54, 1.807) is 48.5 Å².